The monoisotopic (exact) mass is 363 g/mol. The number of nitrogens with one attached hydrogen (secondary N) is 1. The van der Waals surface area contributed by atoms with E-state index in [0.717, 1.165) is 10.4 Å². The topological polar surface area (TPSA) is 73.9 Å². The van der Waals surface area contributed by atoms with Gasteiger partial charge in [0.15, 0.2) is 18.1 Å². The molecule has 1 amide bonds. The number of amides is 1. The number of carbonyl (C=O) groups excluding carboxylic acids is 2. The molecule has 0 spiro atoms. The summed E-state index contributed by atoms with van der Waals surface area (Å²) < 4.78 is 15.7. The van der Waals surface area contributed by atoms with E-state index in [2.05, 4.69) is 5.32 Å². The summed E-state index contributed by atoms with van der Waals surface area (Å²) in [6, 6.07) is 7.07. The highest BCUT2D eigenvalue weighted by molar-refractivity contribution is 7.16. The molecule has 0 aliphatic carbocycles. The zero-order chi connectivity index (χ0) is 18.4. The van der Waals surface area contributed by atoms with Crippen LogP contribution in [0.15, 0.2) is 24.3 Å². The van der Waals surface area contributed by atoms with E-state index in [-0.39, 0.29) is 19.1 Å². The quantitative estimate of drug-likeness (QED) is 0.761. The van der Waals surface area contributed by atoms with E-state index in [4.69, 9.17) is 14.2 Å². The molecule has 2 rings (SSSR count). The van der Waals surface area contributed by atoms with Crippen molar-refractivity contribution < 1.29 is 23.8 Å². The Balaban J connectivity index is 2.08. The molecule has 0 saturated carbocycles. The van der Waals surface area contributed by atoms with Crippen LogP contribution in [-0.4, -0.2) is 32.2 Å². The summed E-state index contributed by atoms with van der Waals surface area (Å²) in [7, 11) is 1.53. The van der Waals surface area contributed by atoms with E-state index in [1.807, 2.05) is 19.9 Å². The number of thiophene rings is 1. The van der Waals surface area contributed by atoms with Crippen molar-refractivity contribution in [2.24, 2.45) is 0 Å². The molecule has 0 bridgehead atoms. The normalized spacial score (nSPS) is 10.2. The number of hydrogen-bond donors (Lipinski definition) is 1. The molecule has 25 heavy (non-hydrogen) atoms. The number of rotatable bonds is 7. The van der Waals surface area contributed by atoms with E-state index < -0.39 is 5.97 Å². The minimum Gasteiger partial charge on any atom is -0.493 e. The molecule has 0 saturated heterocycles. The number of methoxy groups -OCH3 is 1. The predicted molar refractivity (Wildman–Crippen MR) is 96.9 cm³/mol. The second kappa shape index (κ2) is 8.53. The van der Waals surface area contributed by atoms with Gasteiger partial charge in [0.25, 0.3) is 5.91 Å². The smallest absolute Gasteiger partial charge is 0.341 e. The molecule has 6 nitrogen and oxygen atoms in total. The number of benzene rings is 1. The lowest BCUT2D eigenvalue weighted by molar-refractivity contribution is -0.118. The first-order valence-electron chi connectivity index (χ1n) is 7.80. The van der Waals surface area contributed by atoms with Crippen molar-refractivity contribution >= 4 is 28.2 Å². The van der Waals surface area contributed by atoms with Gasteiger partial charge in [-0.1, -0.05) is 12.1 Å². The Bertz CT molecular complexity index is 769. The Morgan fingerprint density at radius 2 is 1.84 bits per heavy atom. The Labute approximate surface area is 150 Å². The first-order valence-corrected chi connectivity index (χ1v) is 8.62. The van der Waals surface area contributed by atoms with Crippen LogP contribution in [0, 0.1) is 13.8 Å². The van der Waals surface area contributed by atoms with Gasteiger partial charge in [0.05, 0.1) is 19.3 Å². The maximum Gasteiger partial charge on any atom is 0.341 e. The average Bonchev–Trinajstić information content (AvgIpc) is 2.87. The Kier molecular flexibility index (Phi) is 6.41. The third-order valence-electron chi connectivity index (χ3n) is 3.55. The van der Waals surface area contributed by atoms with Gasteiger partial charge < -0.3 is 19.5 Å². The van der Waals surface area contributed by atoms with Crippen LogP contribution < -0.4 is 14.8 Å². The van der Waals surface area contributed by atoms with E-state index in [9.17, 15) is 9.59 Å². The van der Waals surface area contributed by atoms with Crippen molar-refractivity contribution in [3.8, 4) is 11.5 Å². The first kappa shape index (κ1) is 18.8. The molecule has 1 heterocycles. The SMILES string of the molecule is CCOC(=O)c1c(NC(=O)COc2ccccc2OC)sc(C)c1C. The third kappa shape index (κ3) is 4.51. The van der Waals surface area contributed by atoms with Crippen LogP contribution in [-0.2, 0) is 9.53 Å². The summed E-state index contributed by atoms with van der Waals surface area (Å²) in [5.41, 5.74) is 1.21. The molecule has 1 aromatic carbocycles. The van der Waals surface area contributed by atoms with Crippen LogP contribution in [0.3, 0.4) is 0 Å². The number of esters is 1. The average molecular weight is 363 g/mol. The molecule has 0 aliphatic heterocycles. The highest BCUT2D eigenvalue weighted by Gasteiger charge is 2.22. The van der Waals surface area contributed by atoms with Gasteiger partial charge in [0.1, 0.15) is 5.00 Å². The molecule has 0 atom stereocenters. The standard InChI is InChI=1S/C18H21NO5S/c1-5-23-18(21)16-11(2)12(3)25-17(16)19-15(20)10-24-14-9-7-6-8-13(14)22-4/h6-9H,5,10H2,1-4H3,(H,19,20). The minimum absolute atomic E-state index is 0.196. The van der Waals surface area contributed by atoms with Gasteiger partial charge in [-0.05, 0) is 38.5 Å². The molecule has 2 aromatic rings. The lowest BCUT2D eigenvalue weighted by atomic mass is 10.1. The highest BCUT2D eigenvalue weighted by Crippen LogP contribution is 2.33. The van der Waals surface area contributed by atoms with Gasteiger partial charge in [-0.15, -0.1) is 11.3 Å². The Morgan fingerprint density at radius 1 is 1.16 bits per heavy atom. The van der Waals surface area contributed by atoms with Gasteiger partial charge in [-0.3, -0.25) is 4.79 Å². The number of carbonyl (C=O) groups is 2. The number of aryl methyl sites for hydroxylation is 1. The van der Waals surface area contributed by atoms with Gasteiger partial charge in [-0.2, -0.15) is 0 Å². The summed E-state index contributed by atoms with van der Waals surface area (Å²) in [4.78, 5) is 25.3. The summed E-state index contributed by atoms with van der Waals surface area (Å²) in [5.74, 6) is 0.220. The van der Waals surface area contributed by atoms with Crippen LogP contribution in [0.25, 0.3) is 0 Å². The molecule has 0 unspecified atom stereocenters. The number of para-hydroxylation sites is 2. The maximum absolute atomic E-state index is 12.2. The number of hydrogen-bond acceptors (Lipinski definition) is 6. The molecule has 7 heteroatoms. The molecule has 0 radical (unpaired) electrons. The maximum atomic E-state index is 12.2. The van der Waals surface area contributed by atoms with E-state index in [1.54, 1.807) is 25.1 Å². The van der Waals surface area contributed by atoms with Gasteiger partial charge in [0, 0.05) is 4.88 Å². The predicted octanol–water partition coefficient (Wildman–Crippen LogP) is 3.57. The van der Waals surface area contributed by atoms with E-state index >= 15 is 0 Å². The van der Waals surface area contributed by atoms with Crippen molar-refractivity contribution in [2.45, 2.75) is 20.8 Å². The van der Waals surface area contributed by atoms with Crippen LogP contribution in [0.4, 0.5) is 5.00 Å². The van der Waals surface area contributed by atoms with Gasteiger partial charge in [0.2, 0.25) is 0 Å². The van der Waals surface area contributed by atoms with Crippen molar-refractivity contribution in [3.63, 3.8) is 0 Å². The second-order valence-electron chi connectivity index (χ2n) is 5.20. The molecule has 0 aliphatic rings. The zero-order valence-electron chi connectivity index (χ0n) is 14.7. The summed E-state index contributed by atoms with van der Waals surface area (Å²) in [6.07, 6.45) is 0. The summed E-state index contributed by atoms with van der Waals surface area (Å²) in [5, 5.41) is 3.21. The lowest BCUT2D eigenvalue weighted by Crippen LogP contribution is -2.21. The second-order valence-corrected chi connectivity index (χ2v) is 6.42. The largest absolute Gasteiger partial charge is 0.493 e. The zero-order valence-corrected chi connectivity index (χ0v) is 15.5. The van der Waals surface area contributed by atoms with Crippen molar-refractivity contribution in [1.82, 2.24) is 0 Å². The molecule has 134 valence electrons. The van der Waals surface area contributed by atoms with E-state index in [0.29, 0.717) is 22.1 Å². The van der Waals surface area contributed by atoms with Crippen LogP contribution in [0.2, 0.25) is 0 Å². The fourth-order valence-corrected chi connectivity index (χ4v) is 3.27. The van der Waals surface area contributed by atoms with Crippen LogP contribution in [0.1, 0.15) is 27.7 Å². The Morgan fingerprint density at radius 3 is 2.48 bits per heavy atom. The highest BCUT2D eigenvalue weighted by atomic mass is 32.1. The summed E-state index contributed by atoms with van der Waals surface area (Å²) in [6.45, 7) is 5.55. The van der Waals surface area contributed by atoms with Gasteiger partial charge in [-0.25, -0.2) is 4.79 Å². The van der Waals surface area contributed by atoms with E-state index in [1.165, 1.54) is 18.4 Å². The fourth-order valence-electron chi connectivity index (χ4n) is 2.21. The Hall–Kier alpha value is -2.54. The molecule has 1 aromatic heterocycles. The minimum atomic E-state index is -0.440. The number of anilines is 1. The van der Waals surface area contributed by atoms with Crippen molar-refractivity contribution in [3.05, 3.63) is 40.3 Å². The molecule has 1 N–H and O–H groups in total. The lowest BCUT2D eigenvalue weighted by Gasteiger charge is -2.10. The fraction of sp³-hybridized carbons (Fsp3) is 0.333. The molecular formula is C18H21NO5S. The third-order valence-corrected chi connectivity index (χ3v) is 4.67. The first-order chi connectivity index (χ1) is 12.0. The van der Waals surface area contributed by atoms with Crippen molar-refractivity contribution in [1.29, 1.82) is 0 Å². The van der Waals surface area contributed by atoms with Gasteiger partial charge >= 0.3 is 5.97 Å². The molecular weight excluding hydrogens is 342 g/mol. The van der Waals surface area contributed by atoms with Crippen LogP contribution in [0.5, 0.6) is 11.5 Å². The molecule has 0 fully saturated rings. The van der Waals surface area contributed by atoms with Crippen molar-refractivity contribution in [2.75, 3.05) is 25.6 Å². The van der Waals surface area contributed by atoms with Crippen LogP contribution >= 0.6 is 11.3 Å². The number of ether oxygens (including phenoxy) is 3. The summed E-state index contributed by atoms with van der Waals surface area (Å²) >= 11 is 1.34.